The van der Waals surface area contributed by atoms with Crippen LogP contribution in [-0.2, 0) is 4.79 Å². The van der Waals surface area contributed by atoms with E-state index >= 15 is 0 Å². The maximum Gasteiger partial charge on any atom is 0.242 e. The quantitative estimate of drug-likeness (QED) is 0.896. The number of likely N-dealkylation sites (tertiary alicyclic amines) is 1. The van der Waals surface area contributed by atoms with Crippen LogP contribution in [0.4, 0.5) is 0 Å². The first-order chi connectivity index (χ1) is 11.1. The fraction of sp³-hybridized carbons (Fsp3) is 0.632. The van der Waals surface area contributed by atoms with E-state index in [9.17, 15) is 4.79 Å². The van der Waals surface area contributed by atoms with E-state index in [1.807, 2.05) is 24.3 Å². The zero-order valence-corrected chi connectivity index (χ0v) is 14.7. The highest BCUT2D eigenvalue weighted by Crippen LogP contribution is 2.29. The summed E-state index contributed by atoms with van der Waals surface area (Å²) in [5.74, 6) is 0.920. The van der Waals surface area contributed by atoms with E-state index in [0.29, 0.717) is 6.04 Å². The van der Waals surface area contributed by atoms with Gasteiger partial charge >= 0.3 is 0 Å². The number of carbonyl (C=O) groups is 1. The number of halogens is 1. The largest absolute Gasteiger partial charge is 0.352 e. The van der Waals surface area contributed by atoms with Crippen molar-refractivity contribution in [3.63, 3.8) is 0 Å². The summed E-state index contributed by atoms with van der Waals surface area (Å²) >= 11 is 6.02. The van der Waals surface area contributed by atoms with Crippen LogP contribution < -0.4 is 5.32 Å². The first-order valence-electron chi connectivity index (χ1n) is 8.93. The maximum absolute atomic E-state index is 13.0. The molecule has 2 aliphatic rings. The van der Waals surface area contributed by atoms with Gasteiger partial charge in [-0.15, -0.1) is 0 Å². The van der Waals surface area contributed by atoms with Crippen LogP contribution in [0.3, 0.4) is 0 Å². The Morgan fingerprint density at radius 1 is 1.13 bits per heavy atom. The van der Waals surface area contributed by atoms with Crippen molar-refractivity contribution >= 4 is 17.5 Å². The molecule has 1 aliphatic heterocycles. The number of benzene rings is 1. The van der Waals surface area contributed by atoms with Crippen molar-refractivity contribution in [1.29, 1.82) is 0 Å². The third kappa shape index (κ3) is 4.27. The van der Waals surface area contributed by atoms with Crippen molar-refractivity contribution in [2.75, 3.05) is 13.1 Å². The van der Waals surface area contributed by atoms with E-state index in [1.165, 1.54) is 25.7 Å². The second kappa shape index (κ2) is 7.67. The van der Waals surface area contributed by atoms with E-state index in [0.717, 1.165) is 42.4 Å². The van der Waals surface area contributed by atoms with Crippen LogP contribution >= 0.6 is 11.6 Å². The minimum atomic E-state index is -0.180. The number of nitrogens with one attached hydrogen (secondary N) is 1. The Balaban J connectivity index is 1.77. The van der Waals surface area contributed by atoms with Crippen LogP contribution in [0, 0.1) is 5.92 Å². The monoisotopic (exact) mass is 334 g/mol. The van der Waals surface area contributed by atoms with E-state index in [-0.39, 0.29) is 11.9 Å². The fourth-order valence-electron chi connectivity index (χ4n) is 3.81. The third-order valence-corrected chi connectivity index (χ3v) is 5.57. The Morgan fingerprint density at radius 2 is 1.74 bits per heavy atom. The van der Waals surface area contributed by atoms with Crippen molar-refractivity contribution in [1.82, 2.24) is 10.2 Å². The lowest BCUT2D eigenvalue weighted by atomic mass is 9.95. The number of hydrogen-bond acceptors (Lipinski definition) is 2. The lowest BCUT2D eigenvalue weighted by molar-refractivity contribution is -0.128. The zero-order chi connectivity index (χ0) is 16.2. The fourth-order valence-corrected chi connectivity index (χ4v) is 3.94. The maximum atomic E-state index is 13.0. The lowest BCUT2D eigenvalue weighted by Crippen LogP contribution is -2.46. The molecule has 1 aliphatic carbocycles. The minimum absolute atomic E-state index is 0.161. The summed E-state index contributed by atoms with van der Waals surface area (Å²) in [4.78, 5) is 15.3. The van der Waals surface area contributed by atoms with Gasteiger partial charge in [-0.2, -0.15) is 0 Å². The van der Waals surface area contributed by atoms with Crippen molar-refractivity contribution < 1.29 is 4.79 Å². The summed E-state index contributed by atoms with van der Waals surface area (Å²) in [6, 6.07) is 7.96. The number of hydrogen-bond donors (Lipinski definition) is 1. The van der Waals surface area contributed by atoms with Crippen LogP contribution in [0.2, 0.25) is 5.02 Å². The van der Waals surface area contributed by atoms with Crippen LogP contribution in [0.1, 0.15) is 57.1 Å². The molecule has 3 nitrogen and oxygen atoms in total. The first-order valence-corrected chi connectivity index (χ1v) is 9.31. The molecular weight excluding hydrogens is 308 g/mol. The number of nitrogens with zero attached hydrogens (tertiary/aromatic N) is 1. The third-order valence-electron chi connectivity index (χ3n) is 5.32. The van der Waals surface area contributed by atoms with Crippen LogP contribution in [0.15, 0.2) is 24.3 Å². The molecule has 2 fully saturated rings. The Morgan fingerprint density at radius 3 is 2.35 bits per heavy atom. The summed E-state index contributed by atoms with van der Waals surface area (Å²) < 4.78 is 0. The van der Waals surface area contributed by atoms with Gasteiger partial charge in [0.05, 0.1) is 0 Å². The molecule has 0 spiro atoms. The van der Waals surface area contributed by atoms with Gasteiger partial charge < -0.3 is 5.32 Å². The summed E-state index contributed by atoms with van der Waals surface area (Å²) in [5, 5.41) is 4.01. The van der Waals surface area contributed by atoms with Crippen molar-refractivity contribution in [3.8, 4) is 0 Å². The Hall–Kier alpha value is -1.06. The topological polar surface area (TPSA) is 32.3 Å². The molecule has 0 radical (unpaired) electrons. The predicted octanol–water partition coefficient (Wildman–Crippen LogP) is 4.17. The molecule has 4 heteroatoms. The van der Waals surface area contributed by atoms with Gasteiger partial charge in [-0.1, -0.05) is 43.5 Å². The first kappa shape index (κ1) is 16.8. The van der Waals surface area contributed by atoms with Gasteiger partial charge in [-0.3, -0.25) is 9.69 Å². The molecule has 1 unspecified atom stereocenters. The molecule has 0 aromatic heterocycles. The molecule has 1 heterocycles. The average molecular weight is 335 g/mol. The Kier molecular flexibility index (Phi) is 5.60. The van der Waals surface area contributed by atoms with Gasteiger partial charge in [0.25, 0.3) is 0 Å². The summed E-state index contributed by atoms with van der Waals surface area (Å²) in [6.07, 6.45) is 7.05. The molecule has 1 aromatic rings. The van der Waals surface area contributed by atoms with Crippen LogP contribution in [-0.4, -0.2) is 29.9 Å². The van der Waals surface area contributed by atoms with Gasteiger partial charge in [0.15, 0.2) is 0 Å². The Labute approximate surface area is 144 Å². The molecule has 1 N–H and O–H groups in total. The molecule has 1 atom stereocenters. The predicted molar refractivity (Wildman–Crippen MR) is 94.6 cm³/mol. The molecule has 0 bridgehead atoms. The SMILES string of the molecule is CC1CCN(C(C(=O)NC2CCCC2)c2ccc(Cl)cc2)CC1. The zero-order valence-electron chi connectivity index (χ0n) is 13.9. The highest BCUT2D eigenvalue weighted by molar-refractivity contribution is 6.30. The molecule has 1 aromatic carbocycles. The molecule has 3 rings (SSSR count). The summed E-state index contributed by atoms with van der Waals surface area (Å²) in [7, 11) is 0. The van der Waals surface area contributed by atoms with Crippen molar-refractivity contribution in [2.24, 2.45) is 5.92 Å². The lowest BCUT2D eigenvalue weighted by Gasteiger charge is -2.36. The van der Waals surface area contributed by atoms with Crippen LogP contribution in [0.5, 0.6) is 0 Å². The number of amides is 1. The highest BCUT2D eigenvalue weighted by atomic mass is 35.5. The second-order valence-electron chi connectivity index (χ2n) is 7.16. The van der Waals surface area contributed by atoms with Gasteiger partial charge in [0.1, 0.15) is 6.04 Å². The van der Waals surface area contributed by atoms with Crippen LogP contribution in [0.25, 0.3) is 0 Å². The standard InChI is InChI=1S/C19H27ClN2O/c1-14-10-12-22(13-11-14)18(15-6-8-16(20)9-7-15)19(23)21-17-4-2-3-5-17/h6-9,14,17-18H,2-5,10-13H2,1H3,(H,21,23). The molecule has 1 saturated heterocycles. The van der Waals surface area contributed by atoms with E-state index < -0.39 is 0 Å². The summed E-state index contributed by atoms with van der Waals surface area (Å²) in [6.45, 7) is 4.28. The molecule has 1 amide bonds. The molecule has 126 valence electrons. The van der Waals surface area contributed by atoms with E-state index in [4.69, 9.17) is 11.6 Å². The highest BCUT2D eigenvalue weighted by Gasteiger charge is 2.31. The van der Waals surface area contributed by atoms with Gasteiger partial charge in [0, 0.05) is 11.1 Å². The number of rotatable bonds is 4. The van der Waals surface area contributed by atoms with Gasteiger partial charge in [-0.05, 0) is 62.4 Å². The normalized spacial score (nSPS) is 22.2. The molecular formula is C19H27ClN2O. The Bertz CT molecular complexity index is 517. The van der Waals surface area contributed by atoms with Gasteiger partial charge in [0.2, 0.25) is 5.91 Å². The summed E-state index contributed by atoms with van der Waals surface area (Å²) in [5.41, 5.74) is 1.06. The van der Waals surface area contributed by atoms with Crippen molar-refractivity contribution in [3.05, 3.63) is 34.9 Å². The smallest absolute Gasteiger partial charge is 0.242 e. The second-order valence-corrected chi connectivity index (χ2v) is 7.60. The van der Waals surface area contributed by atoms with Gasteiger partial charge in [-0.25, -0.2) is 0 Å². The number of piperidine rings is 1. The number of carbonyl (C=O) groups excluding carboxylic acids is 1. The van der Waals surface area contributed by atoms with Crippen molar-refractivity contribution in [2.45, 2.75) is 57.5 Å². The minimum Gasteiger partial charge on any atom is -0.352 e. The van der Waals surface area contributed by atoms with E-state index in [1.54, 1.807) is 0 Å². The average Bonchev–Trinajstić information content (AvgIpc) is 3.04. The molecule has 23 heavy (non-hydrogen) atoms. The van der Waals surface area contributed by atoms with E-state index in [2.05, 4.69) is 17.1 Å². The molecule has 1 saturated carbocycles.